The van der Waals surface area contributed by atoms with Crippen LogP contribution in [0.5, 0.6) is 0 Å². The van der Waals surface area contributed by atoms with Crippen molar-refractivity contribution in [1.29, 1.82) is 0 Å². The number of thiocarbonyl (C=S) groups is 1. The number of benzene rings is 1. The SMILES string of the molecule is Cc1cc([N+](=O)[O-])c(NC(N)=S)c([N+](=O)[O-])c1. The maximum Gasteiger partial charge on any atom is 0.300 e. The number of nitro groups is 2. The first kappa shape index (κ1) is 12.8. The lowest BCUT2D eigenvalue weighted by Crippen LogP contribution is -2.20. The van der Waals surface area contributed by atoms with Gasteiger partial charge in [0.15, 0.2) is 10.8 Å². The van der Waals surface area contributed by atoms with Crippen molar-refractivity contribution in [3.8, 4) is 0 Å². The lowest BCUT2D eigenvalue weighted by Gasteiger charge is -2.06. The van der Waals surface area contributed by atoms with E-state index in [1.807, 2.05) is 0 Å². The Hall–Kier alpha value is -2.29. The molecule has 17 heavy (non-hydrogen) atoms. The molecule has 1 aromatic carbocycles. The molecule has 0 amide bonds. The molecule has 0 atom stereocenters. The van der Waals surface area contributed by atoms with Gasteiger partial charge >= 0.3 is 0 Å². The number of hydrogen-bond donors (Lipinski definition) is 2. The molecule has 0 spiro atoms. The summed E-state index contributed by atoms with van der Waals surface area (Å²) >= 11 is 4.52. The van der Waals surface area contributed by atoms with Gasteiger partial charge in [-0.15, -0.1) is 0 Å². The number of nitrogens with two attached hydrogens (primary N) is 1. The summed E-state index contributed by atoms with van der Waals surface area (Å²) in [5, 5.41) is 23.6. The summed E-state index contributed by atoms with van der Waals surface area (Å²) in [4.78, 5) is 20.1. The molecule has 0 radical (unpaired) electrons. The van der Waals surface area contributed by atoms with Gasteiger partial charge in [0.25, 0.3) is 11.4 Å². The fraction of sp³-hybridized carbons (Fsp3) is 0.125. The number of rotatable bonds is 3. The summed E-state index contributed by atoms with van der Waals surface area (Å²) < 4.78 is 0. The molecule has 0 heterocycles. The van der Waals surface area contributed by atoms with E-state index in [1.165, 1.54) is 19.1 Å². The van der Waals surface area contributed by atoms with Gasteiger partial charge in [-0.25, -0.2) is 0 Å². The number of nitrogens with zero attached hydrogens (tertiary/aromatic N) is 2. The Balaban J connectivity index is 3.52. The van der Waals surface area contributed by atoms with Crippen LogP contribution in [-0.4, -0.2) is 15.0 Å². The molecule has 3 N–H and O–H groups in total. The molecular formula is C8H8N4O4S. The van der Waals surface area contributed by atoms with Crippen molar-refractivity contribution < 1.29 is 9.85 Å². The lowest BCUT2D eigenvalue weighted by molar-refractivity contribution is -0.392. The zero-order valence-corrected chi connectivity index (χ0v) is 9.48. The second kappa shape index (κ2) is 4.70. The minimum Gasteiger partial charge on any atom is -0.376 e. The molecular weight excluding hydrogens is 248 g/mol. The summed E-state index contributed by atoms with van der Waals surface area (Å²) in [6.07, 6.45) is 0. The smallest absolute Gasteiger partial charge is 0.300 e. The zero-order valence-electron chi connectivity index (χ0n) is 8.67. The summed E-state index contributed by atoms with van der Waals surface area (Å²) in [5.74, 6) is 0. The Bertz CT molecular complexity index is 481. The Morgan fingerprint density at radius 3 is 2.00 bits per heavy atom. The summed E-state index contributed by atoms with van der Waals surface area (Å²) in [5.41, 5.74) is 4.39. The Morgan fingerprint density at radius 1 is 1.29 bits per heavy atom. The van der Waals surface area contributed by atoms with Crippen molar-refractivity contribution in [2.24, 2.45) is 5.73 Å². The molecule has 1 aromatic rings. The van der Waals surface area contributed by atoms with Crippen LogP contribution in [0.2, 0.25) is 0 Å². The molecule has 0 bridgehead atoms. The highest BCUT2D eigenvalue weighted by molar-refractivity contribution is 7.80. The van der Waals surface area contributed by atoms with Crippen LogP contribution in [0, 0.1) is 27.2 Å². The third-order valence-corrected chi connectivity index (χ3v) is 1.98. The normalized spacial score (nSPS) is 9.71. The van der Waals surface area contributed by atoms with Gasteiger partial charge in [0.1, 0.15) is 0 Å². The topological polar surface area (TPSA) is 124 Å². The van der Waals surface area contributed by atoms with Crippen LogP contribution in [-0.2, 0) is 0 Å². The molecule has 0 saturated carbocycles. The van der Waals surface area contributed by atoms with E-state index in [9.17, 15) is 20.2 Å². The minimum absolute atomic E-state index is 0.278. The molecule has 8 nitrogen and oxygen atoms in total. The molecule has 0 aliphatic heterocycles. The maximum atomic E-state index is 10.8. The van der Waals surface area contributed by atoms with Crippen LogP contribution in [0.1, 0.15) is 5.56 Å². The number of nitrogens with one attached hydrogen (secondary N) is 1. The van der Waals surface area contributed by atoms with Crippen molar-refractivity contribution in [3.63, 3.8) is 0 Å². The van der Waals surface area contributed by atoms with Crippen molar-refractivity contribution in [2.45, 2.75) is 6.92 Å². The molecule has 0 fully saturated rings. The Kier molecular flexibility index (Phi) is 3.53. The van der Waals surface area contributed by atoms with Gasteiger partial charge < -0.3 is 11.1 Å². The average Bonchev–Trinajstić information content (AvgIpc) is 2.18. The number of hydrogen-bond acceptors (Lipinski definition) is 5. The van der Waals surface area contributed by atoms with E-state index in [0.717, 1.165) is 0 Å². The minimum atomic E-state index is -0.736. The second-order valence-electron chi connectivity index (χ2n) is 3.18. The molecule has 0 aromatic heterocycles. The first-order valence-corrected chi connectivity index (χ1v) is 4.73. The summed E-state index contributed by atoms with van der Waals surface area (Å²) in [7, 11) is 0. The van der Waals surface area contributed by atoms with Crippen LogP contribution in [0.3, 0.4) is 0 Å². The second-order valence-corrected chi connectivity index (χ2v) is 3.62. The standard InChI is InChI=1S/C8H8N4O4S/c1-4-2-5(11(13)14)7(10-8(9)17)6(3-4)12(15)16/h2-3H,1H3,(H3,9,10,17). The molecule has 1 rings (SSSR count). The number of aryl methyl sites for hydroxylation is 1. The van der Waals surface area contributed by atoms with E-state index in [0.29, 0.717) is 5.56 Å². The van der Waals surface area contributed by atoms with Gasteiger partial charge in [-0.05, 0) is 24.7 Å². The van der Waals surface area contributed by atoms with Gasteiger partial charge in [-0.3, -0.25) is 20.2 Å². The fourth-order valence-electron chi connectivity index (χ4n) is 1.29. The highest BCUT2D eigenvalue weighted by atomic mass is 32.1. The first-order valence-electron chi connectivity index (χ1n) is 4.33. The van der Waals surface area contributed by atoms with Crippen molar-refractivity contribution in [1.82, 2.24) is 0 Å². The van der Waals surface area contributed by atoms with Crippen molar-refractivity contribution in [3.05, 3.63) is 37.9 Å². The van der Waals surface area contributed by atoms with E-state index in [4.69, 9.17) is 5.73 Å². The van der Waals surface area contributed by atoms with Gasteiger partial charge in [-0.1, -0.05) is 0 Å². The quantitative estimate of drug-likeness (QED) is 0.476. The zero-order chi connectivity index (χ0) is 13.2. The van der Waals surface area contributed by atoms with Gasteiger partial charge in [-0.2, -0.15) is 0 Å². The van der Waals surface area contributed by atoms with E-state index in [-0.39, 0.29) is 10.8 Å². The lowest BCUT2D eigenvalue weighted by atomic mass is 10.1. The maximum absolute atomic E-state index is 10.8. The highest BCUT2D eigenvalue weighted by Crippen LogP contribution is 2.35. The first-order chi connectivity index (χ1) is 7.82. The van der Waals surface area contributed by atoms with E-state index in [1.54, 1.807) is 0 Å². The average molecular weight is 256 g/mol. The molecule has 90 valence electrons. The van der Waals surface area contributed by atoms with Crippen LogP contribution >= 0.6 is 12.2 Å². The van der Waals surface area contributed by atoms with E-state index >= 15 is 0 Å². The van der Waals surface area contributed by atoms with Crippen LogP contribution in [0.4, 0.5) is 17.1 Å². The van der Waals surface area contributed by atoms with Gasteiger partial charge in [0.05, 0.1) is 9.85 Å². The third-order valence-electron chi connectivity index (χ3n) is 1.88. The molecule has 0 aliphatic carbocycles. The Labute approximate surface area is 101 Å². The number of nitro benzene ring substituents is 2. The third kappa shape index (κ3) is 2.84. The van der Waals surface area contributed by atoms with Crippen molar-refractivity contribution >= 4 is 34.4 Å². The van der Waals surface area contributed by atoms with Crippen LogP contribution < -0.4 is 11.1 Å². The highest BCUT2D eigenvalue weighted by Gasteiger charge is 2.26. The Morgan fingerprint density at radius 2 is 1.71 bits per heavy atom. The molecule has 9 heteroatoms. The number of anilines is 1. The van der Waals surface area contributed by atoms with Gasteiger partial charge in [0, 0.05) is 12.1 Å². The van der Waals surface area contributed by atoms with Gasteiger partial charge in [0.2, 0.25) is 0 Å². The van der Waals surface area contributed by atoms with E-state index in [2.05, 4.69) is 17.5 Å². The monoisotopic (exact) mass is 256 g/mol. The van der Waals surface area contributed by atoms with Crippen LogP contribution in [0.15, 0.2) is 12.1 Å². The van der Waals surface area contributed by atoms with E-state index < -0.39 is 21.2 Å². The molecule has 0 aliphatic rings. The summed E-state index contributed by atoms with van der Waals surface area (Å²) in [6.45, 7) is 1.52. The predicted molar refractivity (Wildman–Crippen MR) is 64.9 cm³/mol. The molecule has 0 unspecified atom stereocenters. The molecule has 0 saturated heterocycles. The van der Waals surface area contributed by atoms with Crippen molar-refractivity contribution in [2.75, 3.05) is 5.32 Å². The summed E-state index contributed by atoms with van der Waals surface area (Å²) in [6, 6.07) is 2.40. The largest absolute Gasteiger partial charge is 0.376 e. The predicted octanol–water partition coefficient (Wildman–Crippen LogP) is 1.47. The van der Waals surface area contributed by atoms with Crippen LogP contribution in [0.25, 0.3) is 0 Å². The fourth-order valence-corrected chi connectivity index (χ4v) is 1.39.